The molecule has 4 nitrogen and oxygen atoms in total. The van der Waals surface area contributed by atoms with Gasteiger partial charge >= 0.3 is 5.97 Å². The van der Waals surface area contributed by atoms with Crippen molar-refractivity contribution in [2.24, 2.45) is 4.99 Å². The molecule has 1 heterocycles. The number of hydrogen-bond acceptors (Lipinski definition) is 4. The number of ether oxygens (including phenoxy) is 2. The Balaban J connectivity index is 1.65. The zero-order chi connectivity index (χ0) is 21.6. The van der Waals surface area contributed by atoms with Gasteiger partial charge in [-0.3, -0.25) is 0 Å². The van der Waals surface area contributed by atoms with Crippen molar-refractivity contribution < 1.29 is 14.3 Å². The van der Waals surface area contributed by atoms with Crippen molar-refractivity contribution in [1.82, 2.24) is 0 Å². The molecule has 0 radical (unpaired) electrons. The molecule has 0 aromatic heterocycles. The first kappa shape index (κ1) is 21.8. The van der Waals surface area contributed by atoms with E-state index in [2.05, 4.69) is 32.7 Å². The molecule has 2 aromatic rings. The normalized spacial score (nSPS) is 15.3. The Bertz CT molecular complexity index is 916. The molecule has 0 unspecified atom stereocenters. The summed E-state index contributed by atoms with van der Waals surface area (Å²) in [6.45, 7) is 9.43. The highest BCUT2D eigenvalue weighted by Crippen LogP contribution is 2.25. The molecule has 3 rings (SSSR count). The van der Waals surface area contributed by atoms with Gasteiger partial charge in [0.2, 0.25) is 5.90 Å². The third-order valence-corrected chi connectivity index (χ3v) is 5.07. The molecule has 0 bridgehead atoms. The number of nitrogens with zero attached hydrogens (tertiary/aromatic N) is 1. The molecule has 0 saturated heterocycles. The summed E-state index contributed by atoms with van der Waals surface area (Å²) in [4.78, 5) is 16.7. The van der Waals surface area contributed by atoms with E-state index >= 15 is 0 Å². The van der Waals surface area contributed by atoms with Gasteiger partial charge in [-0.15, -0.1) is 0 Å². The van der Waals surface area contributed by atoms with Crippen LogP contribution in [0, 0.1) is 0 Å². The highest BCUT2D eigenvalue weighted by molar-refractivity contribution is 6.12. The maximum atomic E-state index is 12.3. The van der Waals surface area contributed by atoms with Crippen LogP contribution in [0.25, 0.3) is 6.08 Å². The second-order valence-electron chi connectivity index (χ2n) is 8.64. The molecule has 2 aromatic carbocycles. The molecule has 1 aliphatic rings. The molecular weight excluding hydrogens is 374 g/mol. The fourth-order valence-corrected chi connectivity index (χ4v) is 3.18. The molecule has 0 saturated carbocycles. The van der Waals surface area contributed by atoms with Gasteiger partial charge in [-0.1, -0.05) is 71.2 Å². The van der Waals surface area contributed by atoms with Crippen LogP contribution in [0.5, 0.6) is 5.75 Å². The number of carbonyl (C=O) groups is 1. The van der Waals surface area contributed by atoms with Crippen LogP contribution in [0.2, 0.25) is 0 Å². The van der Waals surface area contributed by atoms with Crippen LogP contribution < -0.4 is 4.74 Å². The second kappa shape index (κ2) is 9.75. The first-order valence-electron chi connectivity index (χ1n) is 10.7. The van der Waals surface area contributed by atoms with E-state index in [1.165, 1.54) is 24.8 Å². The van der Waals surface area contributed by atoms with E-state index in [0.29, 0.717) is 11.6 Å². The molecule has 0 N–H and O–H groups in total. The molecular formula is C26H31NO3. The van der Waals surface area contributed by atoms with Crippen LogP contribution in [0.3, 0.4) is 0 Å². The molecule has 4 heteroatoms. The summed E-state index contributed by atoms with van der Waals surface area (Å²) in [5.74, 6) is 0.755. The van der Waals surface area contributed by atoms with Crippen molar-refractivity contribution in [3.05, 3.63) is 70.9 Å². The number of unbranched alkanes of at least 4 members (excludes halogenated alkanes) is 3. The lowest BCUT2D eigenvalue weighted by Gasteiger charge is -2.18. The molecule has 158 valence electrons. The largest absolute Gasteiger partial charge is 0.494 e. The molecule has 0 atom stereocenters. The van der Waals surface area contributed by atoms with Crippen molar-refractivity contribution in [3.8, 4) is 5.75 Å². The summed E-state index contributed by atoms with van der Waals surface area (Å²) in [5, 5.41) is 0. The van der Waals surface area contributed by atoms with Gasteiger partial charge in [0.05, 0.1) is 6.61 Å². The van der Waals surface area contributed by atoms with Crippen molar-refractivity contribution in [2.45, 2.75) is 58.8 Å². The van der Waals surface area contributed by atoms with Crippen molar-refractivity contribution in [2.75, 3.05) is 6.61 Å². The standard InChI is InChI=1S/C26H31NO3/c1-5-6-7-8-17-29-22-15-9-19(10-16-22)18-23-25(28)30-24(27-23)20-11-13-21(14-12-20)26(2,3)4/h9-16,18H,5-8,17H2,1-4H3/b23-18-. The minimum atomic E-state index is -0.429. The number of rotatable bonds is 8. The van der Waals surface area contributed by atoms with Gasteiger partial charge in [-0.25, -0.2) is 9.79 Å². The third kappa shape index (κ3) is 5.82. The van der Waals surface area contributed by atoms with Crippen LogP contribution in [-0.4, -0.2) is 18.5 Å². The van der Waals surface area contributed by atoms with Gasteiger partial charge in [-0.2, -0.15) is 0 Å². The maximum Gasteiger partial charge on any atom is 0.363 e. The Morgan fingerprint density at radius 3 is 2.30 bits per heavy atom. The fraction of sp³-hybridized carbons (Fsp3) is 0.385. The maximum absolute atomic E-state index is 12.3. The number of esters is 1. The smallest absolute Gasteiger partial charge is 0.363 e. The zero-order valence-electron chi connectivity index (χ0n) is 18.4. The summed E-state index contributed by atoms with van der Waals surface area (Å²) in [7, 11) is 0. The van der Waals surface area contributed by atoms with Crippen molar-refractivity contribution in [3.63, 3.8) is 0 Å². The summed E-state index contributed by atoms with van der Waals surface area (Å²) < 4.78 is 11.2. The van der Waals surface area contributed by atoms with Crippen molar-refractivity contribution in [1.29, 1.82) is 0 Å². The number of carbonyl (C=O) groups excluding carboxylic acids is 1. The average Bonchev–Trinajstić information content (AvgIpc) is 3.09. The van der Waals surface area contributed by atoms with E-state index < -0.39 is 5.97 Å². The van der Waals surface area contributed by atoms with Gasteiger partial charge in [0.25, 0.3) is 0 Å². The number of aliphatic imine (C=N–C) groups is 1. The molecule has 0 amide bonds. The lowest BCUT2D eigenvalue weighted by molar-refractivity contribution is -0.129. The Morgan fingerprint density at radius 1 is 0.967 bits per heavy atom. The van der Waals surface area contributed by atoms with Gasteiger partial charge in [0, 0.05) is 5.56 Å². The second-order valence-corrected chi connectivity index (χ2v) is 8.64. The van der Waals surface area contributed by atoms with Crippen LogP contribution in [0.4, 0.5) is 0 Å². The van der Waals surface area contributed by atoms with Gasteiger partial charge in [0.1, 0.15) is 5.75 Å². The van der Waals surface area contributed by atoms with Crippen molar-refractivity contribution >= 4 is 17.9 Å². The topological polar surface area (TPSA) is 47.9 Å². The Morgan fingerprint density at radius 2 is 1.67 bits per heavy atom. The summed E-state index contributed by atoms with van der Waals surface area (Å²) in [6.07, 6.45) is 6.47. The molecule has 0 spiro atoms. The predicted octanol–water partition coefficient (Wildman–Crippen LogP) is 6.29. The van der Waals surface area contributed by atoms with Crippen LogP contribution in [-0.2, 0) is 14.9 Å². The van der Waals surface area contributed by atoms with Gasteiger partial charge in [0.15, 0.2) is 5.70 Å². The SMILES string of the molecule is CCCCCCOc1ccc(/C=C2\N=C(c3ccc(C(C)(C)C)cc3)OC2=O)cc1. The highest BCUT2D eigenvalue weighted by atomic mass is 16.6. The quantitative estimate of drug-likeness (QED) is 0.295. The molecule has 1 aliphatic heterocycles. The Labute approximate surface area is 179 Å². The molecule has 30 heavy (non-hydrogen) atoms. The Kier molecular flexibility index (Phi) is 7.09. The van der Waals surface area contributed by atoms with E-state index in [1.54, 1.807) is 6.08 Å². The van der Waals surface area contributed by atoms with E-state index in [0.717, 1.165) is 29.9 Å². The molecule has 0 fully saturated rings. The third-order valence-electron chi connectivity index (χ3n) is 5.07. The van der Waals surface area contributed by atoms with E-state index in [4.69, 9.17) is 9.47 Å². The van der Waals surface area contributed by atoms with Crippen LogP contribution in [0.15, 0.2) is 59.2 Å². The fourth-order valence-electron chi connectivity index (χ4n) is 3.18. The van der Waals surface area contributed by atoms with E-state index in [9.17, 15) is 4.79 Å². The number of cyclic esters (lactones) is 1. The number of benzene rings is 2. The minimum Gasteiger partial charge on any atom is -0.494 e. The summed E-state index contributed by atoms with van der Waals surface area (Å²) in [6, 6.07) is 15.7. The first-order valence-corrected chi connectivity index (χ1v) is 10.7. The first-order chi connectivity index (χ1) is 14.4. The lowest BCUT2D eigenvalue weighted by Crippen LogP contribution is -2.11. The number of hydrogen-bond donors (Lipinski definition) is 0. The highest BCUT2D eigenvalue weighted by Gasteiger charge is 2.24. The lowest BCUT2D eigenvalue weighted by atomic mass is 9.87. The van der Waals surface area contributed by atoms with Gasteiger partial charge < -0.3 is 9.47 Å². The summed E-state index contributed by atoms with van der Waals surface area (Å²) >= 11 is 0. The minimum absolute atomic E-state index is 0.0726. The monoisotopic (exact) mass is 405 g/mol. The van der Waals surface area contributed by atoms with Gasteiger partial charge in [-0.05, 0) is 53.3 Å². The zero-order valence-corrected chi connectivity index (χ0v) is 18.4. The van der Waals surface area contributed by atoms with Crippen LogP contribution in [0.1, 0.15) is 70.1 Å². The average molecular weight is 406 g/mol. The van der Waals surface area contributed by atoms with E-state index in [1.807, 2.05) is 48.5 Å². The predicted molar refractivity (Wildman–Crippen MR) is 122 cm³/mol. The summed E-state index contributed by atoms with van der Waals surface area (Å²) in [5.41, 5.74) is 3.28. The molecule has 0 aliphatic carbocycles. The van der Waals surface area contributed by atoms with Crippen LogP contribution >= 0.6 is 0 Å². The Hall–Kier alpha value is -2.88. The van der Waals surface area contributed by atoms with E-state index in [-0.39, 0.29) is 5.41 Å².